The van der Waals surface area contributed by atoms with Crippen LogP contribution in [0.5, 0.6) is 0 Å². The third kappa shape index (κ3) is 1.87. The summed E-state index contributed by atoms with van der Waals surface area (Å²) in [7, 11) is 0. The second-order valence-corrected chi connectivity index (χ2v) is 7.84. The number of hydrogen-bond donors (Lipinski definition) is 0. The minimum atomic E-state index is 0.253. The van der Waals surface area contributed by atoms with Crippen LogP contribution < -0.4 is 21.3 Å². The minimum absolute atomic E-state index is 0.253. The van der Waals surface area contributed by atoms with Crippen molar-refractivity contribution in [3.05, 3.63) is 103 Å². The van der Waals surface area contributed by atoms with E-state index in [1.54, 1.807) is 0 Å². The van der Waals surface area contributed by atoms with Crippen molar-refractivity contribution in [1.82, 2.24) is 4.57 Å². The summed E-state index contributed by atoms with van der Waals surface area (Å²) in [6.07, 6.45) is 2.22. The van der Waals surface area contributed by atoms with E-state index in [2.05, 4.69) is 113 Å². The largest absolute Gasteiger partial charge is 0.318 e. The van der Waals surface area contributed by atoms with Gasteiger partial charge in [0.2, 0.25) is 0 Å². The normalized spacial score (nSPS) is 13.4. The molecule has 7 rings (SSSR count). The van der Waals surface area contributed by atoms with Crippen LogP contribution in [0.15, 0.2) is 103 Å². The molecule has 4 aromatic carbocycles. The molecule has 1 aromatic heterocycles. The molecule has 2 aliphatic heterocycles. The summed E-state index contributed by atoms with van der Waals surface area (Å²) in [6.45, 7) is 0.253. The fraction of sp³-hybridized carbons (Fsp3) is 0. The smallest absolute Gasteiger partial charge is 0.252 e. The van der Waals surface area contributed by atoms with Gasteiger partial charge in [-0.1, -0.05) is 60.7 Å². The van der Waals surface area contributed by atoms with E-state index in [0.717, 1.165) is 0 Å². The fourth-order valence-corrected chi connectivity index (χ4v) is 5.28. The zero-order chi connectivity index (χ0) is 18.9. The molecule has 3 heterocycles. The molecular formula is C26H17BN2. The van der Waals surface area contributed by atoms with Gasteiger partial charge >= 0.3 is 0 Å². The highest BCUT2D eigenvalue weighted by molar-refractivity contribution is 7.00. The Morgan fingerprint density at radius 3 is 2.07 bits per heavy atom. The Balaban J connectivity index is 1.67. The number of fused-ring (bicyclic) bond motifs is 5. The molecule has 0 saturated heterocycles. The molecule has 0 atom stereocenters. The van der Waals surface area contributed by atoms with Gasteiger partial charge in [0.05, 0.1) is 5.52 Å². The molecular weight excluding hydrogens is 351 g/mol. The summed E-state index contributed by atoms with van der Waals surface area (Å²) < 4.78 is 2.37. The van der Waals surface area contributed by atoms with Crippen molar-refractivity contribution in [2.45, 2.75) is 0 Å². The summed E-state index contributed by atoms with van der Waals surface area (Å²) >= 11 is 0. The molecule has 29 heavy (non-hydrogen) atoms. The van der Waals surface area contributed by atoms with Gasteiger partial charge in [-0.05, 0) is 58.2 Å². The van der Waals surface area contributed by atoms with Gasteiger partial charge in [-0.15, -0.1) is 0 Å². The average molecular weight is 368 g/mol. The Hall–Kier alpha value is -3.72. The van der Waals surface area contributed by atoms with E-state index in [-0.39, 0.29) is 6.71 Å². The molecule has 2 nitrogen and oxygen atoms in total. The summed E-state index contributed by atoms with van der Waals surface area (Å²) in [5.41, 5.74) is 10.5. The first-order chi connectivity index (χ1) is 14.4. The van der Waals surface area contributed by atoms with Crippen LogP contribution in [-0.2, 0) is 0 Å². The van der Waals surface area contributed by atoms with E-state index in [9.17, 15) is 0 Å². The monoisotopic (exact) mass is 368 g/mol. The van der Waals surface area contributed by atoms with Crippen LogP contribution in [0.1, 0.15) is 0 Å². The number of hydrogen-bond acceptors (Lipinski definition) is 1. The zero-order valence-corrected chi connectivity index (χ0v) is 15.8. The van der Waals surface area contributed by atoms with E-state index < -0.39 is 0 Å². The van der Waals surface area contributed by atoms with Crippen molar-refractivity contribution in [1.29, 1.82) is 0 Å². The third-order valence-electron chi connectivity index (χ3n) is 6.41. The second-order valence-electron chi connectivity index (χ2n) is 7.84. The van der Waals surface area contributed by atoms with Gasteiger partial charge in [0.1, 0.15) is 0 Å². The second kappa shape index (κ2) is 5.42. The topological polar surface area (TPSA) is 8.17 Å². The van der Waals surface area contributed by atoms with E-state index in [1.807, 2.05) is 0 Å². The lowest BCUT2D eigenvalue weighted by Gasteiger charge is -2.39. The van der Waals surface area contributed by atoms with Crippen LogP contribution in [0, 0.1) is 0 Å². The lowest BCUT2D eigenvalue weighted by Crippen LogP contribution is -2.60. The number of para-hydroxylation sites is 3. The van der Waals surface area contributed by atoms with Crippen LogP contribution >= 0.6 is 0 Å². The van der Waals surface area contributed by atoms with Gasteiger partial charge in [0.25, 0.3) is 6.71 Å². The van der Waals surface area contributed by atoms with Gasteiger partial charge in [-0.2, -0.15) is 0 Å². The standard InChI is InChI=1S/C26H17BN2/c1-2-8-19(9-3-1)29-23-13-7-5-11-21(23)27-20-10-4-6-12-22(20)28-17-16-18-14-15-24(29)25(27)26(18)28/h1-17H. The van der Waals surface area contributed by atoms with Gasteiger partial charge in [-0.3, -0.25) is 0 Å². The molecule has 2 aliphatic rings. The van der Waals surface area contributed by atoms with Crippen molar-refractivity contribution in [3.63, 3.8) is 0 Å². The molecule has 0 unspecified atom stereocenters. The quantitative estimate of drug-likeness (QED) is 0.394. The van der Waals surface area contributed by atoms with Gasteiger partial charge in [-0.25, -0.2) is 0 Å². The first kappa shape index (κ1) is 15.2. The van der Waals surface area contributed by atoms with E-state index in [1.165, 1.54) is 50.0 Å². The highest BCUT2D eigenvalue weighted by atomic mass is 15.2. The number of anilines is 3. The molecule has 5 aromatic rings. The summed E-state index contributed by atoms with van der Waals surface area (Å²) in [4.78, 5) is 2.42. The summed E-state index contributed by atoms with van der Waals surface area (Å²) in [6, 6.07) is 35.2. The molecule has 0 bridgehead atoms. The molecule has 0 amide bonds. The SMILES string of the molecule is c1ccc(N2c3ccccc3B3c4ccccc4-n4ccc5ccc2c3c54)cc1. The van der Waals surface area contributed by atoms with E-state index in [0.29, 0.717) is 0 Å². The van der Waals surface area contributed by atoms with Crippen molar-refractivity contribution < 1.29 is 0 Å². The van der Waals surface area contributed by atoms with Gasteiger partial charge < -0.3 is 9.47 Å². The number of aromatic nitrogens is 1. The predicted molar refractivity (Wildman–Crippen MR) is 123 cm³/mol. The Morgan fingerprint density at radius 2 is 1.24 bits per heavy atom. The summed E-state index contributed by atoms with van der Waals surface area (Å²) in [5.74, 6) is 0. The maximum atomic E-state index is 2.42. The maximum absolute atomic E-state index is 2.42. The third-order valence-corrected chi connectivity index (χ3v) is 6.41. The van der Waals surface area contributed by atoms with Crippen molar-refractivity contribution in [2.24, 2.45) is 0 Å². The van der Waals surface area contributed by atoms with Crippen LogP contribution in [0.25, 0.3) is 16.6 Å². The molecule has 0 spiro atoms. The average Bonchev–Trinajstić information content (AvgIpc) is 3.23. The maximum Gasteiger partial charge on any atom is 0.252 e. The van der Waals surface area contributed by atoms with Crippen molar-refractivity contribution in [3.8, 4) is 5.69 Å². The molecule has 134 valence electrons. The Kier molecular flexibility index (Phi) is 2.85. The highest BCUT2D eigenvalue weighted by Gasteiger charge is 2.40. The number of nitrogens with zero attached hydrogens (tertiary/aromatic N) is 2. The Morgan fingerprint density at radius 1 is 0.552 bits per heavy atom. The molecule has 0 N–H and O–H groups in total. The lowest BCUT2D eigenvalue weighted by atomic mass is 9.34. The zero-order valence-electron chi connectivity index (χ0n) is 15.8. The first-order valence-corrected chi connectivity index (χ1v) is 10.1. The van der Waals surface area contributed by atoms with Crippen LogP contribution in [-0.4, -0.2) is 11.3 Å². The molecule has 0 radical (unpaired) electrons. The van der Waals surface area contributed by atoms with Crippen LogP contribution in [0.2, 0.25) is 0 Å². The van der Waals surface area contributed by atoms with Crippen LogP contribution in [0.4, 0.5) is 17.1 Å². The fourth-order valence-electron chi connectivity index (χ4n) is 5.28. The molecule has 3 heteroatoms. The van der Waals surface area contributed by atoms with E-state index in [4.69, 9.17) is 0 Å². The molecule has 0 aliphatic carbocycles. The summed E-state index contributed by atoms with van der Waals surface area (Å²) in [5, 5.41) is 1.30. The Labute approximate surface area is 169 Å². The minimum Gasteiger partial charge on any atom is -0.318 e. The van der Waals surface area contributed by atoms with Gasteiger partial charge in [0, 0.05) is 28.9 Å². The van der Waals surface area contributed by atoms with Crippen LogP contribution in [0.3, 0.4) is 0 Å². The number of benzene rings is 4. The lowest BCUT2D eigenvalue weighted by molar-refractivity contribution is 1.13. The molecule has 0 fully saturated rings. The van der Waals surface area contributed by atoms with E-state index >= 15 is 0 Å². The first-order valence-electron chi connectivity index (χ1n) is 10.1. The predicted octanol–water partition coefficient (Wildman–Crippen LogP) is 4.24. The Bertz CT molecular complexity index is 1420. The molecule has 0 saturated carbocycles. The van der Waals surface area contributed by atoms with Gasteiger partial charge in [0.15, 0.2) is 0 Å². The highest BCUT2D eigenvalue weighted by Crippen LogP contribution is 2.39. The van der Waals surface area contributed by atoms with Crippen molar-refractivity contribution in [2.75, 3.05) is 4.90 Å². The number of rotatable bonds is 1. The van der Waals surface area contributed by atoms with Crippen molar-refractivity contribution >= 4 is 51.1 Å².